The number of nitro benzene ring substituents is 1. The van der Waals surface area contributed by atoms with Gasteiger partial charge in [0.05, 0.1) is 16.2 Å². The van der Waals surface area contributed by atoms with Gasteiger partial charge in [-0.05, 0) is 6.07 Å². The molecule has 0 saturated carbocycles. The van der Waals surface area contributed by atoms with Crippen LogP contribution in [0.15, 0.2) is 28.8 Å². The molecule has 1 aromatic carbocycles. The lowest BCUT2D eigenvalue weighted by Gasteiger charge is -2.12. The van der Waals surface area contributed by atoms with Gasteiger partial charge in [-0.2, -0.15) is 0 Å². The Labute approximate surface area is 143 Å². The number of ether oxygens (including phenoxy) is 1. The molecule has 1 aromatic heterocycles. The molecule has 0 fully saturated rings. The third-order valence-electron chi connectivity index (χ3n) is 3.23. The zero-order chi connectivity index (χ0) is 18.6. The second kappa shape index (κ2) is 7.12. The van der Waals surface area contributed by atoms with E-state index in [-0.39, 0.29) is 28.3 Å². The molecule has 132 valence electrons. The second-order valence-corrected chi connectivity index (χ2v) is 6.26. The minimum Gasteiger partial charge on any atom is -0.483 e. The summed E-state index contributed by atoms with van der Waals surface area (Å²) in [5.74, 6) is -0.270. The second-order valence-electron chi connectivity index (χ2n) is 6.26. The van der Waals surface area contributed by atoms with E-state index >= 15 is 0 Å². The fraction of sp³-hybridized carbons (Fsp3) is 0.312. The van der Waals surface area contributed by atoms with Gasteiger partial charge in [0.2, 0.25) is 5.88 Å². The number of hydrogen-bond donors (Lipinski definition) is 1. The summed E-state index contributed by atoms with van der Waals surface area (Å²) in [6, 6.07) is 5.14. The molecule has 9 heteroatoms. The van der Waals surface area contributed by atoms with E-state index in [4.69, 9.17) is 9.26 Å². The summed E-state index contributed by atoms with van der Waals surface area (Å²) < 4.78 is 10.3. The quantitative estimate of drug-likeness (QED) is 0.484. The summed E-state index contributed by atoms with van der Waals surface area (Å²) >= 11 is 0. The van der Waals surface area contributed by atoms with Crippen molar-refractivity contribution in [3.05, 3.63) is 45.6 Å². The van der Waals surface area contributed by atoms with Crippen molar-refractivity contribution in [2.75, 3.05) is 11.9 Å². The molecule has 1 N–H and O–H groups in total. The maximum absolute atomic E-state index is 11.9. The lowest BCUT2D eigenvalue weighted by atomic mass is 9.92. The highest BCUT2D eigenvalue weighted by Gasteiger charge is 2.20. The molecule has 2 aromatic rings. The first-order chi connectivity index (χ1) is 11.7. The number of hydrogen-bond acceptors (Lipinski definition) is 7. The van der Waals surface area contributed by atoms with Gasteiger partial charge >= 0.3 is 0 Å². The van der Waals surface area contributed by atoms with E-state index in [9.17, 15) is 19.7 Å². The topological polar surface area (TPSA) is 125 Å². The summed E-state index contributed by atoms with van der Waals surface area (Å²) in [7, 11) is 0. The monoisotopic (exact) mass is 347 g/mol. The molecule has 0 aliphatic heterocycles. The molecule has 25 heavy (non-hydrogen) atoms. The van der Waals surface area contributed by atoms with Crippen LogP contribution in [-0.4, -0.2) is 28.9 Å². The Hall–Kier alpha value is -3.23. The molecular formula is C16H17N3O6. The van der Waals surface area contributed by atoms with Crippen LogP contribution < -0.4 is 10.1 Å². The fourth-order valence-corrected chi connectivity index (χ4v) is 1.88. The molecule has 1 heterocycles. The smallest absolute Gasteiger partial charge is 0.270 e. The lowest BCUT2D eigenvalue weighted by molar-refractivity contribution is -0.384. The van der Waals surface area contributed by atoms with Crippen LogP contribution in [0.2, 0.25) is 0 Å². The summed E-state index contributed by atoms with van der Waals surface area (Å²) in [6.45, 7) is 5.46. The number of non-ortho nitro benzene ring substituents is 1. The summed E-state index contributed by atoms with van der Waals surface area (Å²) in [6.07, 6.45) is 0.423. The van der Waals surface area contributed by atoms with Crippen LogP contribution in [0.25, 0.3) is 0 Å². The van der Waals surface area contributed by atoms with Gasteiger partial charge in [-0.25, -0.2) is 0 Å². The zero-order valence-electron chi connectivity index (χ0n) is 13.9. The summed E-state index contributed by atoms with van der Waals surface area (Å²) in [5.41, 5.74) is 0.204. The van der Waals surface area contributed by atoms with Crippen LogP contribution in [-0.2, 0) is 10.2 Å². The zero-order valence-corrected chi connectivity index (χ0v) is 13.9. The van der Waals surface area contributed by atoms with Gasteiger partial charge in [0.15, 0.2) is 12.9 Å². The van der Waals surface area contributed by atoms with Gasteiger partial charge in [-0.3, -0.25) is 25.0 Å². The first kappa shape index (κ1) is 18.1. The van der Waals surface area contributed by atoms with Gasteiger partial charge < -0.3 is 9.26 Å². The Bertz CT molecular complexity index is 806. The molecule has 2 rings (SSSR count). The number of aromatic nitrogens is 1. The van der Waals surface area contributed by atoms with E-state index in [0.29, 0.717) is 12.0 Å². The Morgan fingerprint density at radius 3 is 2.68 bits per heavy atom. The van der Waals surface area contributed by atoms with Crippen molar-refractivity contribution in [3.63, 3.8) is 0 Å². The highest BCUT2D eigenvalue weighted by atomic mass is 16.6. The lowest BCUT2D eigenvalue weighted by Crippen LogP contribution is -2.20. The van der Waals surface area contributed by atoms with E-state index in [1.807, 2.05) is 20.8 Å². The number of carbonyl (C=O) groups is 2. The van der Waals surface area contributed by atoms with E-state index in [1.165, 1.54) is 12.1 Å². The van der Waals surface area contributed by atoms with Crippen LogP contribution in [0.3, 0.4) is 0 Å². The molecule has 9 nitrogen and oxygen atoms in total. The van der Waals surface area contributed by atoms with Crippen LogP contribution in [0.4, 0.5) is 11.6 Å². The average molecular weight is 347 g/mol. The number of amides is 1. The number of benzene rings is 1. The third kappa shape index (κ3) is 4.63. The molecule has 0 spiro atoms. The van der Waals surface area contributed by atoms with Gasteiger partial charge in [-0.1, -0.05) is 25.9 Å². The standard InChI is InChI=1S/C16H17N3O6/c1-16(2,3)13-7-15(25-18-13)17-14(21)9-24-12-5-4-11(19(22)23)6-10(12)8-20/h4-8H,9H2,1-3H3,(H,17,21). The number of anilines is 1. The Morgan fingerprint density at radius 2 is 2.12 bits per heavy atom. The fourth-order valence-electron chi connectivity index (χ4n) is 1.88. The number of rotatable bonds is 6. The first-order valence-electron chi connectivity index (χ1n) is 7.34. The first-order valence-corrected chi connectivity index (χ1v) is 7.34. The van der Waals surface area contributed by atoms with Gasteiger partial charge in [-0.15, -0.1) is 0 Å². The highest BCUT2D eigenvalue weighted by molar-refractivity contribution is 5.91. The van der Waals surface area contributed by atoms with E-state index in [2.05, 4.69) is 10.5 Å². The van der Waals surface area contributed by atoms with E-state index < -0.39 is 17.4 Å². The number of nitro groups is 1. The maximum Gasteiger partial charge on any atom is 0.270 e. The van der Waals surface area contributed by atoms with Crippen molar-refractivity contribution in [3.8, 4) is 5.75 Å². The van der Waals surface area contributed by atoms with Crippen LogP contribution >= 0.6 is 0 Å². The Morgan fingerprint density at radius 1 is 1.40 bits per heavy atom. The van der Waals surface area contributed by atoms with E-state index in [1.54, 1.807) is 6.07 Å². The molecule has 0 saturated heterocycles. The molecule has 0 radical (unpaired) electrons. The number of nitrogens with zero attached hydrogens (tertiary/aromatic N) is 2. The van der Waals surface area contributed by atoms with Crippen molar-refractivity contribution < 1.29 is 23.8 Å². The molecule has 0 aliphatic rings. The van der Waals surface area contributed by atoms with E-state index in [0.717, 1.165) is 6.07 Å². The predicted molar refractivity (Wildman–Crippen MR) is 87.8 cm³/mol. The van der Waals surface area contributed by atoms with Crippen molar-refractivity contribution >= 4 is 23.8 Å². The number of nitrogens with one attached hydrogen (secondary N) is 1. The molecule has 1 amide bonds. The molecule has 0 bridgehead atoms. The molecule has 0 unspecified atom stereocenters. The number of aldehydes is 1. The Kier molecular flexibility index (Phi) is 5.16. The van der Waals surface area contributed by atoms with Crippen LogP contribution in [0.1, 0.15) is 36.8 Å². The van der Waals surface area contributed by atoms with Gasteiger partial charge in [0.25, 0.3) is 11.6 Å². The van der Waals surface area contributed by atoms with Crippen molar-refractivity contribution in [2.24, 2.45) is 0 Å². The maximum atomic E-state index is 11.9. The van der Waals surface area contributed by atoms with Gasteiger partial charge in [0.1, 0.15) is 5.75 Å². The molecule has 0 atom stereocenters. The third-order valence-corrected chi connectivity index (χ3v) is 3.23. The van der Waals surface area contributed by atoms with Gasteiger partial charge in [0, 0.05) is 23.6 Å². The SMILES string of the molecule is CC(C)(C)c1cc(NC(=O)COc2ccc([N+](=O)[O-])cc2C=O)on1. The van der Waals surface area contributed by atoms with Crippen molar-refractivity contribution in [1.29, 1.82) is 0 Å². The van der Waals surface area contributed by atoms with Crippen LogP contribution in [0.5, 0.6) is 5.75 Å². The minimum atomic E-state index is -0.625. The van der Waals surface area contributed by atoms with Crippen molar-refractivity contribution in [1.82, 2.24) is 5.16 Å². The van der Waals surface area contributed by atoms with Crippen LogP contribution in [0, 0.1) is 10.1 Å². The minimum absolute atomic E-state index is 0.0170. The highest BCUT2D eigenvalue weighted by Crippen LogP contribution is 2.24. The predicted octanol–water partition coefficient (Wildman–Crippen LogP) is 2.71. The number of carbonyl (C=O) groups excluding carboxylic acids is 2. The Balaban J connectivity index is 1.99. The average Bonchev–Trinajstić information content (AvgIpc) is 3.01. The summed E-state index contributed by atoms with van der Waals surface area (Å²) in [4.78, 5) is 33.0. The molecule has 0 aliphatic carbocycles. The summed E-state index contributed by atoms with van der Waals surface area (Å²) in [5, 5.41) is 17.0. The largest absolute Gasteiger partial charge is 0.483 e. The normalized spacial score (nSPS) is 11.0. The molecular weight excluding hydrogens is 330 g/mol. The van der Waals surface area contributed by atoms with Crippen molar-refractivity contribution in [2.45, 2.75) is 26.2 Å².